The van der Waals surface area contributed by atoms with Gasteiger partial charge in [0.2, 0.25) is 5.91 Å². The highest BCUT2D eigenvalue weighted by atomic mass is 127. The summed E-state index contributed by atoms with van der Waals surface area (Å²) in [6, 6.07) is 15.3. The Morgan fingerprint density at radius 2 is 1.91 bits per heavy atom. The van der Waals surface area contributed by atoms with E-state index in [1.807, 2.05) is 30.0 Å². The molecule has 1 saturated carbocycles. The van der Waals surface area contributed by atoms with Gasteiger partial charge in [0.15, 0.2) is 5.96 Å². The Labute approximate surface area is 206 Å². The number of nitrogens with one attached hydrogen (secondary N) is 2. The lowest BCUT2D eigenvalue weighted by molar-refractivity contribution is -0.128. The van der Waals surface area contributed by atoms with E-state index in [-0.39, 0.29) is 41.1 Å². The van der Waals surface area contributed by atoms with Gasteiger partial charge in [-0.2, -0.15) is 0 Å². The second-order valence-corrected chi connectivity index (χ2v) is 8.55. The third-order valence-electron chi connectivity index (χ3n) is 6.19. The molecule has 0 aromatic heterocycles. The first kappa shape index (κ1) is 24.5. The van der Waals surface area contributed by atoms with Crippen LogP contribution in [0.5, 0.6) is 0 Å². The number of aliphatic imine (C=N–C) groups is 1. The zero-order valence-electron chi connectivity index (χ0n) is 18.6. The van der Waals surface area contributed by atoms with E-state index in [1.54, 1.807) is 6.07 Å². The second-order valence-electron chi connectivity index (χ2n) is 8.55. The average molecular weight is 550 g/mol. The summed E-state index contributed by atoms with van der Waals surface area (Å²) in [5.41, 5.74) is 2.90. The van der Waals surface area contributed by atoms with E-state index in [0.717, 1.165) is 55.0 Å². The van der Waals surface area contributed by atoms with Gasteiger partial charge in [-0.3, -0.25) is 4.79 Å². The van der Waals surface area contributed by atoms with Crippen molar-refractivity contribution in [2.75, 3.05) is 19.6 Å². The van der Waals surface area contributed by atoms with Crippen molar-refractivity contribution in [3.8, 4) is 0 Å². The molecule has 4 rings (SSSR count). The van der Waals surface area contributed by atoms with Gasteiger partial charge in [0.1, 0.15) is 5.82 Å². The third kappa shape index (κ3) is 5.99. The van der Waals surface area contributed by atoms with Crippen molar-refractivity contribution < 1.29 is 9.18 Å². The fraction of sp³-hybridized carbons (Fsp3) is 0.440. The first-order chi connectivity index (χ1) is 15.1. The summed E-state index contributed by atoms with van der Waals surface area (Å²) >= 11 is 0. The molecule has 2 aromatic rings. The molecule has 1 amide bonds. The summed E-state index contributed by atoms with van der Waals surface area (Å²) in [6.07, 6.45) is 3.58. The van der Waals surface area contributed by atoms with Crippen LogP contribution < -0.4 is 10.6 Å². The van der Waals surface area contributed by atoms with E-state index >= 15 is 0 Å². The Morgan fingerprint density at radius 3 is 2.59 bits per heavy atom. The van der Waals surface area contributed by atoms with Crippen LogP contribution in [0.3, 0.4) is 0 Å². The normalized spacial score (nSPS) is 17.1. The number of rotatable bonds is 8. The minimum Gasteiger partial charge on any atom is -0.357 e. The average Bonchev–Trinajstić information content (AvgIpc) is 3.46. The van der Waals surface area contributed by atoms with Crippen LogP contribution in [0.4, 0.5) is 4.39 Å². The highest BCUT2D eigenvalue weighted by Gasteiger charge is 2.45. The molecule has 2 aliphatic rings. The fourth-order valence-corrected chi connectivity index (χ4v) is 4.27. The van der Waals surface area contributed by atoms with E-state index in [9.17, 15) is 9.18 Å². The Balaban J connectivity index is 0.00000289. The van der Waals surface area contributed by atoms with Gasteiger partial charge in [-0.25, -0.2) is 9.38 Å². The molecule has 1 aliphatic heterocycles. The highest BCUT2D eigenvalue weighted by molar-refractivity contribution is 14.0. The van der Waals surface area contributed by atoms with Gasteiger partial charge >= 0.3 is 0 Å². The van der Waals surface area contributed by atoms with Crippen molar-refractivity contribution in [1.29, 1.82) is 0 Å². The van der Waals surface area contributed by atoms with Crippen molar-refractivity contribution in [3.05, 3.63) is 71.0 Å². The van der Waals surface area contributed by atoms with Gasteiger partial charge < -0.3 is 15.5 Å². The van der Waals surface area contributed by atoms with Crippen LogP contribution >= 0.6 is 24.0 Å². The molecule has 0 bridgehead atoms. The van der Waals surface area contributed by atoms with Crippen LogP contribution in [0, 0.1) is 5.82 Å². The molecule has 0 atom stereocenters. The number of nitrogens with zero attached hydrogens (tertiary/aromatic N) is 2. The summed E-state index contributed by atoms with van der Waals surface area (Å²) in [5.74, 6) is 0.855. The van der Waals surface area contributed by atoms with Crippen LogP contribution in [-0.2, 0) is 23.3 Å². The van der Waals surface area contributed by atoms with E-state index < -0.39 is 0 Å². The Morgan fingerprint density at radius 1 is 1.12 bits per heavy atom. The van der Waals surface area contributed by atoms with Crippen molar-refractivity contribution in [3.63, 3.8) is 0 Å². The molecule has 2 aromatic carbocycles. The molecule has 1 aliphatic carbocycles. The van der Waals surface area contributed by atoms with Crippen LogP contribution in [0.1, 0.15) is 49.3 Å². The van der Waals surface area contributed by atoms with Gasteiger partial charge in [-0.1, -0.05) is 42.5 Å². The van der Waals surface area contributed by atoms with Crippen LogP contribution in [-0.4, -0.2) is 36.4 Å². The van der Waals surface area contributed by atoms with E-state index in [0.29, 0.717) is 26.1 Å². The second kappa shape index (κ2) is 11.1. The lowest BCUT2D eigenvalue weighted by Gasteiger charge is -2.19. The molecule has 2 N–H and O–H groups in total. The maximum atomic E-state index is 14.3. The number of carbonyl (C=O) groups is 1. The molecule has 0 radical (unpaired) electrons. The third-order valence-corrected chi connectivity index (χ3v) is 6.19. The summed E-state index contributed by atoms with van der Waals surface area (Å²) in [4.78, 5) is 18.6. The standard InChI is InChI=1S/C25H31FN4O.HI/c1-2-27-24(29-18-25(12-13-25)21-9-3-4-10-22(21)26)28-16-19-7-5-8-20(15-19)17-30-14-6-11-23(30)31;/h3-5,7-10,15H,2,6,11-14,16-18H2,1H3,(H2,27,28,29);1H. The maximum Gasteiger partial charge on any atom is 0.222 e. The topological polar surface area (TPSA) is 56.7 Å². The molecular weight excluding hydrogens is 518 g/mol. The number of guanidine groups is 1. The molecule has 172 valence electrons. The number of amides is 1. The van der Waals surface area contributed by atoms with Crippen molar-refractivity contribution in [2.45, 2.75) is 51.1 Å². The zero-order valence-corrected chi connectivity index (χ0v) is 20.9. The summed E-state index contributed by atoms with van der Waals surface area (Å²) in [7, 11) is 0. The molecule has 7 heteroatoms. The SMILES string of the molecule is CCNC(=NCc1cccc(CN2CCCC2=O)c1)NCC1(c2ccccc2F)CC1.I. The Kier molecular flexibility index (Phi) is 8.51. The molecule has 1 heterocycles. The molecular formula is C25H32FIN4O. The molecule has 0 spiro atoms. The smallest absolute Gasteiger partial charge is 0.222 e. The number of likely N-dealkylation sites (tertiary alicyclic amines) is 1. The van der Waals surface area contributed by atoms with Crippen LogP contribution in [0.2, 0.25) is 0 Å². The first-order valence-corrected chi connectivity index (χ1v) is 11.2. The maximum absolute atomic E-state index is 14.3. The van der Waals surface area contributed by atoms with E-state index in [2.05, 4.69) is 28.8 Å². The minimum atomic E-state index is -0.135. The lowest BCUT2D eigenvalue weighted by atomic mass is 9.95. The number of carbonyl (C=O) groups excluding carboxylic acids is 1. The summed E-state index contributed by atoms with van der Waals surface area (Å²) in [5, 5.41) is 6.71. The van der Waals surface area contributed by atoms with Crippen molar-refractivity contribution >= 4 is 35.8 Å². The van der Waals surface area contributed by atoms with Crippen molar-refractivity contribution in [1.82, 2.24) is 15.5 Å². The molecule has 5 nitrogen and oxygen atoms in total. The van der Waals surface area contributed by atoms with Gasteiger partial charge in [0.05, 0.1) is 6.54 Å². The Hall–Kier alpha value is -2.16. The van der Waals surface area contributed by atoms with E-state index in [1.165, 1.54) is 6.07 Å². The van der Waals surface area contributed by atoms with Gasteiger partial charge in [0.25, 0.3) is 0 Å². The van der Waals surface area contributed by atoms with Gasteiger partial charge in [0, 0.05) is 38.0 Å². The molecule has 2 fully saturated rings. The highest BCUT2D eigenvalue weighted by Crippen LogP contribution is 2.48. The summed E-state index contributed by atoms with van der Waals surface area (Å²) < 4.78 is 14.3. The zero-order chi connectivity index (χ0) is 21.7. The molecule has 32 heavy (non-hydrogen) atoms. The number of halogens is 2. The lowest BCUT2D eigenvalue weighted by Crippen LogP contribution is -2.41. The number of benzene rings is 2. The first-order valence-electron chi connectivity index (χ1n) is 11.2. The predicted molar refractivity (Wildman–Crippen MR) is 137 cm³/mol. The minimum absolute atomic E-state index is 0. The van der Waals surface area contributed by atoms with Crippen molar-refractivity contribution in [2.24, 2.45) is 4.99 Å². The van der Waals surface area contributed by atoms with E-state index in [4.69, 9.17) is 4.99 Å². The monoisotopic (exact) mass is 550 g/mol. The number of hydrogen-bond acceptors (Lipinski definition) is 2. The quantitative estimate of drug-likeness (QED) is 0.292. The predicted octanol–water partition coefficient (Wildman–Crippen LogP) is 4.35. The summed E-state index contributed by atoms with van der Waals surface area (Å²) in [6.45, 7) is 5.52. The molecule has 1 saturated heterocycles. The number of hydrogen-bond donors (Lipinski definition) is 2. The van der Waals surface area contributed by atoms with Gasteiger partial charge in [-0.15, -0.1) is 24.0 Å². The Bertz CT molecular complexity index is 960. The van der Waals surface area contributed by atoms with Gasteiger partial charge in [-0.05, 0) is 48.9 Å². The van der Waals surface area contributed by atoms with Crippen LogP contribution in [0.25, 0.3) is 0 Å². The largest absolute Gasteiger partial charge is 0.357 e. The molecule has 0 unspecified atom stereocenters. The van der Waals surface area contributed by atoms with Crippen LogP contribution in [0.15, 0.2) is 53.5 Å². The fourth-order valence-electron chi connectivity index (χ4n) is 4.27.